The van der Waals surface area contributed by atoms with Crippen molar-refractivity contribution < 1.29 is 0 Å². The normalized spacial score (nSPS) is 23.3. The molecule has 2 aromatic rings. The third kappa shape index (κ3) is 2.98. The lowest BCUT2D eigenvalue weighted by Crippen LogP contribution is -2.15. The number of fused-ring (bicyclic) bond motifs is 3. The number of rotatable bonds is 3. The maximum Gasteiger partial charge on any atom is 0.259 e. The highest BCUT2D eigenvalue weighted by Gasteiger charge is 2.25. The van der Waals surface area contributed by atoms with Crippen LogP contribution in [-0.2, 0) is 12.8 Å². The molecule has 0 spiro atoms. The van der Waals surface area contributed by atoms with Crippen molar-refractivity contribution in [1.29, 1.82) is 0 Å². The van der Waals surface area contributed by atoms with Crippen LogP contribution in [0.3, 0.4) is 0 Å². The molecule has 0 radical (unpaired) electrons. The van der Waals surface area contributed by atoms with Crippen LogP contribution in [0.4, 0.5) is 0 Å². The summed E-state index contributed by atoms with van der Waals surface area (Å²) in [6.07, 6.45) is 8.66. The number of aryl methyl sites for hydroxylation is 1. The molecule has 2 heterocycles. The molecule has 0 aromatic carbocycles. The Balaban J connectivity index is 1.68. The van der Waals surface area contributed by atoms with Crippen molar-refractivity contribution in [3.63, 3.8) is 0 Å². The van der Waals surface area contributed by atoms with E-state index in [1.54, 1.807) is 11.3 Å². The first-order valence-electron chi connectivity index (χ1n) is 8.81. The molecule has 2 aliphatic rings. The van der Waals surface area contributed by atoms with E-state index >= 15 is 0 Å². The van der Waals surface area contributed by atoms with Gasteiger partial charge in [0.1, 0.15) is 10.7 Å². The van der Waals surface area contributed by atoms with E-state index < -0.39 is 0 Å². The highest BCUT2D eigenvalue weighted by Crippen LogP contribution is 2.39. The molecule has 2 aromatic heterocycles. The van der Waals surface area contributed by atoms with Gasteiger partial charge in [-0.25, -0.2) is 4.98 Å². The number of hydrogen-bond donors (Lipinski definition) is 1. The highest BCUT2D eigenvalue weighted by molar-refractivity contribution is 8.00. The predicted octanol–water partition coefficient (Wildman–Crippen LogP) is 4.85. The van der Waals surface area contributed by atoms with Crippen LogP contribution in [0.2, 0.25) is 0 Å². The van der Waals surface area contributed by atoms with E-state index in [4.69, 9.17) is 4.98 Å². The fourth-order valence-corrected chi connectivity index (χ4v) is 6.75. The molecule has 2 aliphatic carbocycles. The van der Waals surface area contributed by atoms with Crippen LogP contribution in [-0.4, -0.2) is 15.2 Å². The second-order valence-electron chi connectivity index (χ2n) is 7.17. The summed E-state index contributed by atoms with van der Waals surface area (Å²) < 4.78 is 0. The number of nitrogens with zero attached hydrogens (tertiary/aromatic N) is 1. The summed E-state index contributed by atoms with van der Waals surface area (Å²) in [6, 6.07) is 0. The molecule has 5 heteroatoms. The van der Waals surface area contributed by atoms with E-state index in [1.165, 1.54) is 42.5 Å². The van der Waals surface area contributed by atoms with E-state index in [0.717, 1.165) is 40.1 Å². The molecule has 1 saturated carbocycles. The molecule has 1 fully saturated rings. The summed E-state index contributed by atoms with van der Waals surface area (Å²) in [6.45, 7) is 4.49. The number of aromatic nitrogens is 2. The smallest absolute Gasteiger partial charge is 0.259 e. The third-order valence-electron chi connectivity index (χ3n) is 5.27. The number of aromatic amines is 1. The largest absolute Gasteiger partial charge is 0.309 e. The zero-order valence-electron chi connectivity index (χ0n) is 13.9. The van der Waals surface area contributed by atoms with Crippen LogP contribution in [0.15, 0.2) is 4.79 Å². The van der Waals surface area contributed by atoms with Gasteiger partial charge in [0.15, 0.2) is 0 Å². The average molecular weight is 349 g/mol. The van der Waals surface area contributed by atoms with Crippen molar-refractivity contribution in [1.82, 2.24) is 9.97 Å². The van der Waals surface area contributed by atoms with Gasteiger partial charge in [0.05, 0.1) is 10.6 Å². The van der Waals surface area contributed by atoms with E-state index in [0.29, 0.717) is 0 Å². The number of hydrogen-bond acceptors (Lipinski definition) is 4. The Labute approximate surface area is 145 Å². The van der Waals surface area contributed by atoms with E-state index in [-0.39, 0.29) is 10.8 Å². The van der Waals surface area contributed by atoms with Gasteiger partial charge in [0.2, 0.25) is 0 Å². The van der Waals surface area contributed by atoms with Crippen LogP contribution in [0.1, 0.15) is 67.5 Å². The molecule has 0 aliphatic heterocycles. The maximum absolute atomic E-state index is 12.7. The minimum Gasteiger partial charge on any atom is -0.309 e. The first kappa shape index (κ1) is 15.7. The Hall–Kier alpha value is -0.810. The molecule has 0 bridgehead atoms. The summed E-state index contributed by atoms with van der Waals surface area (Å²) in [5, 5.41) is 1.88. The monoisotopic (exact) mass is 348 g/mol. The first-order chi connectivity index (χ1) is 11.1. The summed E-state index contributed by atoms with van der Waals surface area (Å²) in [7, 11) is 0. The topological polar surface area (TPSA) is 45.8 Å². The zero-order valence-corrected chi connectivity index (χ0v) is 15.5. The van der Waals surface area contributed by atoms with Crippen LogP contribution < -0.4 is 5.56 Å². The van der Waals surface area contributed by atoms with E-state index in [1.807, 2.05) is 11.8 Å². The Morgan fingerprint density at radius 3 is 2.87 bits per heavy atom. The SMILES string of the molecule is C[C@@H]1CCc2c(sc3nc([C@@H](C)SC4CCCC4)[nH]c(=O)c23)C1. The molecular weight excluding hydrogens is 324 g/mol. The average Bonchev–Trinajstić information content (AvgIpc) is 3.13. The molecular formula is C18H24N2OS2. The van der Waals surface area contributed by atoms with Crippen molar-refractivity contribution in [2.45, 2.75) is 69.3 Å². The fraction of sp³-hybridized carbons (Fsp3) is 0.667. The zero-order chi connectivity index (χ0) is 16.0. The quantitative estimate of drug-likeness (QED) is 0.863. The molecule has 0 unspecified atom stereocenters. The maximum atomic E-state index is 12.7. The summed E-state index contributed by atoms with van der Waals surface area (Å²) >= 11 is 3.74. The molecule has 0 saturated heterocycles. The lowest BCUT2D eigenvalue weighted by Gasteiger charge is -2.17. The Bertz CT molecular complexity index is 773. The van der Waals surface area contributed by atoms with Gasteiger partial charge in [-0.2, -0.15) is 0 Å². The summed E-state index contributed by atoms with van der Waals surface area (Å²) in [5.41, 5.74) is 1.36. The standard InChI is InChI=1S/C18H24N2OS2/c1-10-7-8-13-14(9-10)23-18-15(13)17(21)19-16(20-18)11(2)22-12-5-3-4-6-12/h10-12H,3-9H2,1-2H3,(H,19,20,21)/t10-,11-/m1/s1. The second-order valence-corrected chi connectivity index (χ2v) is 9.90. The molecule has 2 atom stereocenters. The number of H-pyrrole nitrogens is 1. The summed E-state index contributed by atoms with van der Waals surface area (Å²) in [5.74, 6) is 1.59. The molecule has 0 amide bonds. The Morgan fingerprint density at radius 1 is 1.30 bits per heavy atom. The van der Waals surface area contributed by atoms with Crippen LogP contribution in [0.25, 0.3) is 10.2 Å². The lowest BCUT2D eigenvalue weighted by atomic mass is 9.89. The molecule has 4 rings (SSSR count). The number of thiophene rings is 1. The van der Waals surface area contributed by atoms with Gasteiger partial charge in [-0.1, -0.05) is 19.8 Å². The van der Waals surface area contributed by atoms with Gasteiger partial charge in [-0.3, -0.25) is 4.79 Å². The highest BCUT2D eigenvalue weighted by atomic mass is 32.2. The molecule has 124 valence electrons. The van der Waals surface area contributed by atoms with Gasteiger partial charge in [-0.15, -0.1) is 23.1 Å². The number of thioether (sulfide) groups is 1. The van der Waals surface area contributed by atoms with Crippen molar-refractivity contribution >= 4 is 33.3 Å². The van der Waals surface area contributed by atoms with Crippen molar-refractivity contribution in [2.24, 2.45) is 5.92 Å². The van der Waals surface area contributed by atoms with Crippen molar-refractivity contribution in [3.8, 4) is 0 Å². The van der Waals surface area contributed by atoms with E-state index in [2.05, 4.69) is 18.8 Å². The summed E-state index contributed by atoms with van der Waals surface area (Å²) in [4.78, 5) is 23.0. The molecule has 1 N–H and O–H groups in total. The molecule has 3 nitrogen and oxygen atoms in total. The van der Waals surface area contributed by atoms with Gasteiger partial charge in [-0.05, 0) is 50.5 Å². The second kappa shape index (κ2) is 6.25. The molecule has 23 heavy (non-hydrogen) atoms. The third-order valence-corrected chi connectivity index (χ3v) is 7.90. The fourth-order valence-electron chi connectivity index (χ4n) is 3.94. The lowest BCUT2D eigenvalue weighted by molar-refractivity contribution is 0.509. The van der Waals surface area contributed by atoms with Crippen LogP contribution >= 0.6 is 23.1 Å². The number of nitrogens with one attached hydrogen (secondary N) is 1. The van der Waals surface area contributed by atoms with Gasteiger partial charge >= 0.3 is 0 Å². The van der Waals surface area contributed by atoms with Crippen LogP contribution in [0, 0.1) is 5.92 Å². The van der Waals surface area contributed by atoms with Crippen LogP contribution in [0.5, 0.6) is 0 Å². The minimum atomic E-state index is 0.0796. The van der Waals surface area contributed by atoms with Crippen molar-refractivity contribution in [3.05, 3.63) is 26.6 Å². The van der Waals surface area contributed by atoms with Gasteiger partial charge < -0.3 is 4.98 Å². The Kier molecular flexibility index (Phi) is 4.26. The predicted molar refractivity (Wildman–Crippen MR) is 99.7 cm³/mol. The Morgan fingerprint density at radius 2 is 2.09 bits per heavy atom. The van der Waals surface area contributed by atoms with Gasteiger partial charge in [0, 0.05) is 10.1 Å². The van der Waals surface area contributed by atoms with Crippen molar-refractivity contribution in [2.75, 3.05) is 0 Å². The minimum absolute atomic E-state index is 0.0796. The first-order valence-corrected chi connectivity index (χ1v) is 10.6. The van der Waals surface area contributed by atoms with Gasteiger partial charge in [0.25, 0.3) is 5.56 Å². The van der Waals surface area contributed by atoms with E-state index in [9.17, 15) is 4.79 Å².